The van der Waals surface area contributed by atoms with Crippen LogP contribution in [0.25, 0.3) is 0 Å². The predicted octanol–water partition coefficient (Wildman–Crippen LogP) is 1.89. The zero-order valence-corrected chi connectivity index (χ0v) is 15.4. The first kappa shape index (κ1) is 18.8. The van der Waals surface area contributed by atoms with Crippen LogP contribution in [0.4, 0.5) is 8.78 Å². The molecule has 1 N–H and O–H groups in total. The molecule has 0 amide bonds. The summed E-state index contributed by atoms with van der Waals surface area (Å²) >= 11 is 0. The molecule has 1 aromatic carbocycles. The van der Waals surface area contributed by atoms with E-state index in [0.29, 0.717) is 56.1 Å². The number of guanidine groups is 1. The van der Waals surface area contributed by atoms with Crippen LogP contribution in [0, 0.1) is 17.6 Å². The van der Waals surface area contributed by atoms with Crippen molar-refractivity contribution in [3.8, 4) is 0 Å². The van der Waals surface area contributed by atoms with Gasteiger partial charge in [0.2, 0.25) is 0 Å². The highest BCUT2D eigenvalue weighted by molar-refractivity contribution is 7.91. The third kappa shape index (κ3) is 4.41. The van der Waals surface area contributed by atoms with Crippen LogP contribution in [0.3, 0.4) is 0 Å². The highest BCUT2D eigenvalue weighted by Crippen LogP contribution is 2.24. The summed E-state index contributed by atoms with van der Waals surface area (Å²) in [5.41, 5.74) is 1.16. The lowest BCUT2D eigenvalue weighted by molar-refractivity contribution is 0.369. The van der Waals surface area contributed by atoms with Gasteiger partial charge in [0, 0.05) is 32.2 Å². The van der Waals surface area contributed by atoms with Gasteiger partial charge in [-0.05, 0) is 36.0 Å². The van der Waals surface area contributed by atoms with E-state index in [9.17, 15) is 17.2 Å². The lowest BCUT2D eigenvalue weighted by atomic mass is 9.99. The first-order valence-corrected chi connectivity index (χ1v) is 10.5. The molecule has 0 spiro atoms. The maximum atomic E-state index is 13.9. The first-order valence-electron chi connectivity index (χ1n) is 8.69. The van der Waals surface area contributed by atoms with Crippen LogP contribution in [-0.4, -0.2) is 50.4 Å². The topological polar surface area (TPSA) is 61.8 Å². The number of fused-ring (bicyclic) bond motifs is 1. The molecule has 3 rings (SSSR count). The molecular weight excluding hydrogens is 360 g/mol. The maximum absolute atomic E-state index is 13.9. The lowest BCUT2D eigenvalue weighted by Gasteiger charge is -2.32. The van der Waals surface area contributed by atoms with E-state index in [1.807, 2.05) is 4.90 Å². The second-order valence-corrected chi connectivity index (χ2v) is 9.03. The molecule has 1 saturated heterocycles. The summed E-state index contributed by atoms with van der Waals surface area (Å²) in [5, 5.41) is 3.16. The number of rotatable bonds is 4. The number of benzene rings is 1. The molecule has 8 heteroatoms. The van der Waals surface area contributed by atoms with Gasteiger partial charge in [-0.15, -0.1) is 6.58 Å². The summed E-state index contributed by atoms with van der Waals surface area (Å²) in [6.07, 6.45) is 2.79. The van der Waals surface area contributed by atoms with Crippen LogP contribution < -0.4 is 5.32 Å². The quantitative estimate of drug-likeness (QED) is 0.490. The first-order chi connectivity index (χ1) is 12.4. The number of aliphatic imine (C=N–C) groups is 1. The van der Waals surface area contributed by atoms with Crippen molar-refractivity contribution in [2.24, 2.45) is 10.9 Å². The van der Waals surface area contributed by atoms with E-state index in [4.69, 9.17) is 0 Å². The Bertz CT molecular complexity index is 824. The van der Waals surface area contributed by atoms with Crippen LogP contribution in [0.5, 0.6) is 0 Å². The molecule has 1 fully saturated rings. The zero-order chi connectivity index (χ0) is 18.7. The standard InChI is InChI=1S/C18H23F2N3O2S/c1-2-5-21-18(22-10-13-4-7-26(24,25)12-13)23-6-3-16-14(11-23)8-15(19)9-17(16)20/h2,8-9,13H,1,3-7,10-12H2,(H,21,22). The van der Waals surface area contributed by atoms with E-state index in [-0.39, 0.29) is 17.4 Å². The second-order valence-electron chi connectivity index (χ2n) is 6.80. The van der Waals surface area contributed by atoms with Crippen molar-refractivity contribution in [1.82, 2.24) is 10.2 Å². The monoisotopic (exact) mass is 383 g/mol. The van der Waals surface area contributed by atoms with Gasteiger partial charge in [0.1, 0.15) is 11.6 Å². The molecule has 2 aliphatic rings. The molecule has 0 aromatic heterocycles. The van der Waals surface area contributed by atoms with Crippen LogP contribution in [0.1, 0.15) is 17.5 Å². The largest absolute Gasteiger partial charge is 0.353 e. The van der Waals surface area contributed by atoms with E-state index in [1.165, 1.54) is 6.07 Å². The highest BCUT2D eigenvalue weighted by Gasteiger charge is 2.28. The van der Waals surface area contributed by atoms with Gasteiger partial charge >= 0.3 is 0 Å². The van der Waals surface area contributed by atoms with Crippen molar-refractivity contribution >= 4 is 15.8 Å². The van der Waals surface area contributed by atoms with Crippen molar-refractivity contribution in [3.63, 3.8) is 0 Å². The Labute approximate surface area is 152 Å². The summed E-state index contributed by atoms with van der Waals surface area (Å²) in [4.78, 5) is 6.52. The fourth-order valence-electron chi connectivity index (χ4n) is 3.45. The van der Waals surface area contributed by atoms with Crippen LogP contribution in [0.2, 0.25) is 0 Å². The second kappa shape index (κ2) is 7.73. The van der Waals surface area contributed by atoms with Gasteiger partial charge in [-0.2, -0.15) is 0 Å². The van der Waals surface area contributed by atoms with Crippen LogP contribution in [0.15, 0.2) is 29.8 Å². The number of halogens is 2. The normalized spacial score (nSPS) is 22.2. The van der Waals surface area contributed by atoms with E-state index in [0.717, 1.165) is 6.07 Å². The van der Waals surface area contributed by atoms with Crippen molar-refractivity contribution in [1.29, 1.82) is 0 Å². The summed E-state index contributed by atoms with van der Waals surface area (Å²) < 4.78 is 50.7. The molecule has 26 heavy (non-hydrogen) atoms. The van der Waals surface area contributed by atoms with Crippen molar-refractivity contribution in [2.45, 2.75) is 19.4 Å². The van der Waals surface area contributed by atoms with Crippen molar-refractivity contribution in [3.05, 3.63) is 47.5 Å². The maximum Gasteiger partial charge on any atom is 0.194 e. The van der Waals surface area contributed by atoms with Gasteiger partial charge in [-0.3, -0.25) is 4.99 Å². The molecule has 0 aliphatic carbocycles. The third-order valence-electron chi connectivity index (χ3n) is 4.78. The minimum absolute atomic E-state index is 0.0208. The number of hydrogen-bond donors (Lipinski definition) is 1. The number of nitrogens with zero attached hydrogens (tertiary/aromatic N) is 2. The van der Waals surface area contributed by atoms with Gasteiger partial charge in [0.25, 0.3) is 0 Å². The third-order valence-corrected chi connectivity index (χ3v) is 6.61. The van der Waals surface area contributed by atoms with E-state index < -0.39 is 21.5 Å². The Hall–Kier alpha value is -1.96. The summed E-state index contributed by atoms with van der Waals surface area (Å²) in [6, 6.07) is 2.28. The Kier molecular flexibility index (Phi) is 5.60. The number of nitrogens with one attached hydrogen (secondary N) is 1. The van der Waals surface area contributed by atoms with Crippen LogP contribution in [-0.2, 0) is 22.8 Å². The Morgan fingerprint density at radius 2 is 2.23 bits per heavy atom. The summed E-state index contributed by atoms with van der Waals surface area (Å²) in [7, 11) is -2.94. The highest BCUT2D eigenvalue weighted by atomic mass is 32.2. The summed E-state index contributed by atoms with van der Waals surface area (Å²) in [5.74, 6) is -0.0647. The molecule has 0 bridgehead atoms. The number of sulfone groups is 1. The van der Waals surface area contributed by atoms with Crippen molar-refractivity contribution in [2.75, 3.05) is 31.1 Å². The summed E-state index contributed by atoms with van der Waals surface area (Å²) in [6.45, 7) is 5.51. The smallest absolute Gasteiger partial charge is 0.194 e. The van der Waals surface area contributed by atoms with Gasteiger partial charge in [-0.25, -0.2) is 17.2 Å². The Balaban J connectivity index is 1.75. The zero-order valence-electron chi connectivity index (χ0n) is 14.5. The Morgan fingerprint density at radius 1 is 1.42 bits per heavy atom. The fourth-order valence-corrected chi connectivity index (χ4v) is 5.30. The van der Waals surface area contributed by atoms with Gasteiger partial charge in [-0.1, -0.05) is 6.08 Å². The molecule has 0 radical (unpaired) electrons. The molecule has 142 valence electrons. The average Bonchev–Trinajstić information content (AvgIpc) is 2.93. The van der Waals surface area contributed by atoms with E-state index in [1.54, 1.807) is 6.08 Å². The molecule has 1 atom stereocenters. The fraction of sp³-hybridized carbons (Fsp3) is 0.500. The van der Waals surface area contributed by atoms with Gasteiger partial charge < -0.3 is 10.2 Å². The minimum Gasteiger partial charge on any atom is -0.353 e. The van der Waals surface area contributed by atoms with Crippen molar-refractivity contribution < 1.29 is 17.2 Å². The number of hydrogen-bond acceptors (Lipinski definition) is 3. The molecule has 1 aromatic rings. The molecule has 2 heterocycles. The predicted molar refractivity (Wildman–Crippen MR) is 97.7 cm³/mol. The van der Waals surface area contributed by atoms with E-state index in [2.05, 4.69) is 16.9 Å². The van der Waals surface area contributed by atoms with E-state index >= 15 is 0 Å². The SMILES string of the molecule is C=CCNC(=NCC1CCS(=O)(=O)C1)N1CCc2c(F)cc(F)cc2C1. The van der Waals surface area contributed by atoms with Gasteiger partial charge in [0.15, 0.2) is 15.8 Å². The Morgan fingerprint density at radius 3 is 2.92 bits per heavy atom. The molecule has 1 unspecified atom stereocenters. The molecular formula is C18H23F2N3O2S. The minimum atomic E-state index is -2.94. The lowest BCUT2D eigenvalue weighted by Crippen LogP contribution is -2.44. The molecule has 2 aliphatic heterocycles. The van der Waals surface area contributed by atoms with Crippen LogP contribution >= 0.6 is 0 Å². The molecule has 0 saturated carbocycles. The van der Waals surface area contributed by atoms with Gasteiger partial charge in [0.05, 0.1) is 11.5 Å². The average molecular weight is 383 g/mol. The molecule has 5 nitrogen and oxygen atoms in total.